The number of carbonyl (C=O) groups is 1. The molecule has 3 aliphatic heterocycles. The van der Waals surface area contributed by atoms with Crippen molar-refractivity contribution in [3.05, 3.63) is 28.8 Å². The molecule has 4 rings (SSSR count). The maximum atomic E-state index is 12.3. The number of hydrogen-bond donors (Lipinski definition) is 1. The lowest BCUT2D eigenvalue weighted by molar-refractivity contribution is -0.0112. The number of ether oxygens (including phenoxy) is 2. The van der Waals surface area contributed by atoms with Crippen LogP contribution in [0.1, 0.15) is 39.2 Å². The Kier molecular flexibility index (Phi) is 5.01. The summed E-state index contributed by atoms with van der Waals surface area (Å²) in [5.74, 6) is 0.940. The minimum absolute atomic E-state index is 0.0527. The van der Waals surface area contributed by atoms with Gasteiger partial charge in [0.2, 0.25) is 0 Å². The summed E-state index contributed by atoms with van der Waals surface area (Å²) in [6.07, 6.45) is 1.77. The molecule has 3 aliphatic rings. The first kappa shape index (κ1) is 19.8. The molecule has 2 saturated heterocycles. The average molecular weight is 409 g/mol. The number of aliphatic hydroxyl groups excluding tert-OH is 1. The van der Waals surface area contributed by atoms with E-state index in [1.807, 2.05) is 39.0 Å². The fourth-order valence-electron chi connectivity index (χ4n) is 4.55. The third-order valence-electron chi connectivity index (χ3n) is 5.95. The van der Waals surface area contributed by atoms with Gasteiger partial charge in [0, 0.05) is 43.9 Å². The molecule has 1 spiro atoms. The Balaban J connectivity index is 1.35. The van der Waals surface area contributed by atoms with Crippen molar-refractivity contribution < 1.29 is 19.4 Å². The maximum Gasteiger partial charge on any atom is 0.410 e. The van der Waals surface area contributed by atoms with E-state index in [0.29, 0.717) is 13.1 Å². The van der Waals surface area contributed by atoms with Gasteiger partial charge in [0.05, 0.1) is 18.7 Å². The number of fused-ring (bicyclic) bond motifs is 1. The van der Waals surface area contributed by atoms with Crippen molar-refractivity contribution in [2.45, 2.75) is 63.4 Å². The van der Waals surface area contributed by atoms with Crippen LogP contribution >= 0.6 is 11.6 Å². The zero-order valence-electron chi connectivity index (χ0n) is 16.8. The van der Waals surface area contributed by atoms with E-state index in [1.54, 1.807) is 4.90 Å². The maximum absolute atomic E-state index is 12.3. The molecule has 6 nitrogen and oxygen atoms in total. The van der Waals surface area contributed by atoms with Gasteiger partial charge in [-0.25, -0.2) is 4.79 Å². The second-order valence-corrected chi connectivity index (χ2v) is 9.71. The molecule has 1 amide bonds. The lowest BCUT2D eigenvalue weighted by Gasteiger charge is -2.41. The summed E-state index contributed by atoms with van der Waals surface area (Å²) in [5, 5.41) is 11.3. The van der Waals surface area contributed by atoms with Crippen LogP contribution in [0.2, 0.25) is 5.02 Å². The van der Waals surface area contributed by atoms with Gasteiger partial charge in [-0.2, -0.15) is 0 Å². The SMILES string of the molecule is CC(C)(C)OC(=O)N1CC(O)C(N2CCC3(CC2)Cc2cc(Cl)ccc2O3)C1. The van der Waals surface area contributed by atoms with E-state index in [0.717, 1.165) is 43.1 Å². The molecule has 0 saturated carbocycles. The summed E-state index contributed by atoms with van der Waals surface area (Å²) < 4.78 is 11.8. The summed E-state index contributed by atoms with van der Waals surface area (Å²) >= 11 is 6.12. The summed E-state index contributed by atoms with van der Waals surface area (Å²) in [7, 11) is 0. The van der Waals surface area contributed by atoms with Gasteiger partial charge < -0.3 is 19.5 Å². The van der Waals surface area contributed by atoms with Gasteiger partial charge in [0.15, 0.2) is 0 Å². The van der Waals surface area contributed by atoms with Crippen molar-refractivity contribution in [3.8, 4) is 5.75 Å². The minimum atomic E-state index is -0.554. The van der Waals surface area contributed by atoms with E-state index in [2.05, 4.69) is 4.90 Å². The Hall–Kier alpha value is -1.50. The largest absolute Gasteiger partial charge is 0.487 e. The Bertz CT molecular complexity index is 755. The molecule has 1 aromatic carbocycles. The van der Waals surface area contributed by atoms with Crippen LogP contribution in [-0.4, -0.2) is 70.5 Å². The second kappa shape index (κ2) is 7.08. The summed E-state index contributed by atoms with van der Waals surface area (Å²) in [6.45, 7) is 8.06. The number of nitrogens with zero attached hydrogens (tertiary/aromatic N) is 2. The molecular weight excluding hydrogens is 380 g/mol. The lowest BCUT2D eigenvalue weighted by atomic mass is 9.86. The molecular formula is C21H29ClN2O4. The van der Waals surface area contributed by atoms with E-state index >= 15 is 0 Å². The number of carbonyl (C=O) groups excluding carboxylic acids is 1. The molecule has 2 atom stereocenters. The highest BCUT2D eigenvalue weighted by Gasteiger charge is 2.46. The molecule has 0 aliphatic carbocycles. The number of likely N-dealkylation sites (tertiary alicyclic amines) is 2. The molecule has 2 unspecified atom stereocenters. The van der Waals surface area contributed by atoms with E-state index in [4.69, 9.17) is 21.1 Å². The third-order valence-corrected chi connectivity index (χ3v) is 6.19. The molecule has 0 radical (unpaired) electrons. The average Bonchev–Trinajstić information content (AvgIpc) is 3.14. The van der Waals surface area contributed by atoms with E-state index in [1.165, 1.54) is 5.56 Å². The number of amides is 1. The monoisotopic (exact) mass is 408 g/mol. The first-order valence-corrected chi connectivity index (χ1v) is 10.4. The van der Waals surface area contributed by atoms with Crippen molar-refractivity contribution in [1.29, 1.82) is 0 Å². The van der Waals surface area contributed by atoms with Gasteiger partial charge in [0.1, 0.15) is 17.0 Å². The predicted molar refractivity (Wildman–Crippen MR) is 107 cm³/mol. The number of benzene rings is 1. The second-order valence-electron chi connectivity index (χ2n) is 9.27. The van der Waals surface area contributed by atoms with Crippen LogP contribution in [0.15, 0.2) is 18.2 Å². The highest BCUT2D eigenvalue weighted by molar-refractivity contribution is 6.30. The summed E-state index contributed by atoms with van der Waals surface area (Å²) in [4.78, 5) is 16.2. The van der Waals surface area contributed by atoms with Crippen LogP contribution in [0.25, 0.3) is 0 Å². The van der Waals surface area contributed by atoms with Crippen LogP contribution in [0, 0.1) is 0 Å². The van der Waals surface area contributed by atoms with E-state index in [9.17, 15) is 9.90 Å². The van der Waals surface area contributed by atoms with Crippen LogP contribution < -0.4 is 4.74 Å². The lowest BCUT2D eigenvalue weighted by Crippen LogP contribution is -2.53. The topological polar surface area (TPSA) is 62.2 Å². The van der Waals surface area contributed by atoms with Gasteiger partial charge in [-0.1, -0.05) is 11.6 Å². The van der Waals surface area contributed by atoms with E-state index in [-0.39, 0.29) is 17.7 Å². The smallest absolute Gasteiger partial charge is 0.410 e. The third kappa shape index (κ3) is 3.95. The molecule has 1 aromatic rings. The van der Waals surface area contributed by atoms with Crippen molar-refractivity contribution >= 4 is 17.7 Å². The van der Waals surface area contributed by atoms with E-state index < -0.39 is 11.7 Å². The Morgan fingerprint density at radius 2 is 2.00 bits per heavy atom. The Morgan fingerprint density at radius 1 is 1.29 bits per heavy atom. The van der Waals surface area contributed by atoms with Crippen molar-refractivity contribution in [1.82, 2.24) is 9.80 Å². The number of β-amino-alcohol motifs (C(OH)–C–C–N with tert-alkyl or cyclic N) is 1. The normalized spacial score (nSPS) is 27.0. The minimum Gasteiger partial charge on any atom is -0.487 e. The molecule has 154 valence electrons. The van der Waals surface area contributed by atoms with Crippen molar-refractivity contribution in [2.75, 3.05) is 26.2 Å². The fraction of sp³-hybridized carbons (Fsp3) is 0.667. The highest BCUT2D eigenvalue weighted by Crippen LogP contribution is 2.42. The number of halogens is 1. The van der Waals surface area contributed by atoms with Crippen molar-refractivity contribution in [2.24, 2.45) is 0 Å². The van der Waals surface area contributed by atoms with Crippen molar-refractivity contribution in [3.63, 3.8) is 0 Å². The predicted octanol–water partition coefficient (Wildman–Crippen LogP) is 3.09. The van der Waals surface area contributed by atoms with Gasteiger partial charge in [-0.15, -0.1) is 0 Å². The number of hydrogen-bond acceptors (Lipinski definition) is 5. The van der Waals surface area contributed by atoms with Gasteiger partial charge in [-0.05, 0) is 44.5 Å². The van der Waals surface area contributed by atoms with Crippen LogP contribution in [0.3, 0.4) is 0 Å². The van der Waals surface area contributed by atoms with Crippen LogP contribution in [0.5, 0.6) is 5.75 Å². The molecule has 1 N–H and O–H groups in total. The molecule has 28 heavy (non-hydrogen) atoms. The van der Waals surface area contributed by atoms with Gasteiger partial charge >= 0.3 is 6.09 Å². The molecule has 2 fully saturated rings. The molecule has 3 heterocycles. The number of rotatable bonds is 1. The first-order valence-electron chi connectivity index (χ1n) is 10.0. The summed E-state index contributed by atoms with van der Waals surface area (Å²) in [6, 6.07) is 5.77. The fourth-order valence-corrected chi connectivity index (χ4v) is 4.74. The molecule has 0 aromatic heterocycles. The zero-order valence-corrected chi connectivity index (χ0v) is 17.5. The summed E-state index contributed by atoms with van der Waals surface area (Å²) in [5.41, 5.74) is 0.478. The number of aliphatic hydroxyl groups is 1. The first-order chi connectivity index (χ1) is 13.1. The Morgan fingerprint density at radius 3 is 2.68 bits per heavy atom. The Labute approximate surface area is 171 Å². The molecule has 0 bridgehead atoms. The highest BCUT2D eigenvalue weighted by atomic mass is 35.5. The quantitative estimate of drug-likeness (QED) is 0.773. The van der Waals surface area contributed by atoms with Crippen LogP contribution in [0.4, 0.5) is 4.79 Å². The van der Waals surface area contributed by atoms with Gasteiger partial charge in [-0.3, -0.25) is 4.90 Å². The standard InChI is InChI=1S/C21H29ClN2O4/c1-20(2,3)28-19(26)24-12-16(17(25)13-24)23-8-6-21(7-9-23)11-14-10-15(22)4-5-18(14)27-21/h4-5,10,16-17,25H,6-9,11-13H2,1-3H3. The van der Waals surface area contributed by atoms with Gasteiger partial charge in [0.25, 0.3) is 0 Å². The van der Waals surface area contributed by atoms with Crippen LogP contribution in [-0.2, 0) is 11.2 Å². The molecule has 7 heteroatoms. The zero-order chi connectivity index (χ0) is 20.1. The number of piperidine rings is 1.